The number of rotatable bonds is 9. The molecule has 3 N–H and O–H groups in total. The van der Waals surface area contributed by atoms with Gasteiger partial charge in [-0.3, -0.25) is 20.0 Å². The number of carboxylic acids is 1. The molecule has 0 atom stereocenters. The lowest BCUT2D eigenvalue weighted by Gasteiger charge is -2.15. The van der Waals surface area contributed by atoms with Crippen molar-refractivity contribution < 1.29 is 28.6 Å². The molecule has 3 rings (SSSR count). The Kier molecular flexibility index (Phi) is 8.34. The van der Waals surface area contributed by atoms with E-state index in [1.807, 2.05) is 0 Å². The van der Waals surface area contributed by atoms with E-state index in [4.69, 9.17) is 26.9 Å². The Hall–Kier alpha value is -4.31. The van der Waals surface area contributed by atoms with Crippen LogP contribution in [0.5, 0.6) is 5.75 Å². The number of benzene rings is 2. The minimum atomic E-state index is -1.20. The largest absolute Gasteiger partial charge is 0.482 e. The molecule has 0 unspecified atom stereocenters. The average Bonchev–Trinajstić information content (AvgIpc) is 2.83. The first-order chi connectivity index (χ1) is 17.0. The van der Waals surface area contributed by atoms with Gasteiger partial charge in [-0.15, -0.1) is 0 Å². The molecule has 186 valence electrons. The van der Waals surface area contributed by atoms with Crippen LogP contribution in [0.2, 0.25) is 5.02 Å². The number of hydrogen-bond donors (Lipinski definition) is 3. The number of hydrogen-bond acceptors (Lipinski definition) is 6. The monoisotopic (exact) mass is 512 g/mol. The van der Waals surface area contributed by atoms with Crippen LogP contribution in [-0.4, -0.2) is 59.2 Å². The first-order valence-electron chi connectivity index (χ1n) is 10.5. The summed E-state index contributed by atoms with van der Waals surface area (Å²) in [5.74, 6) is -3.13. The number of ether oxygens (including phenoxy) is 1. The summed E-state index contributed by atoms with van der Waals surface area (Å²) in [4.78, 5) is 42.4. The molecule has 1 amide bonds. The predicted octanol–water partition coefficient (Wildman–Crippen LogP) is 3.90. The first kappa shape index (κ1) is 26.3. The van der Waals surface area contributed by atoms with E-state index in [0.717, 1.165) is 6.07 Å². The van der Waals surface area contributed by atoms with Crippen molar-refractivity contribution in [3.63, 3.8) is 0 Å². The lowest BCUT2D eigenvalue weighted by molar-refractivity contribution is -0.139. The third kappa shape index (κ3) is 6.63. The van der Waals surface area contributed by atoms with Gasteiger partial charge < -0.3 is 20.1 Å². The van der Waals surface area contributed by atoms with Gasteiger partial charge in [-0.05, 0) is 42.5 Å². The second-order valence-corrected chi connectivity index (χ2v) is 8.29. The second kappa shape index (κ2) is 11.4. The van der Waals surface area contributed by atoms with E-state index in [1.54, 1.807) is 26.2 Å². The highest BCUT2D eigenvalue weighted by Gasteiger charge is 2.20. The number of aromatic nitrogens is 1. The second-order valence-electron chi connectivity index (χ2n) is 7.85. The summed E-state index contributed by atoms with van der Waals surface area (Å²) in [5, 5.41) is 19.7. The van der Waals surface area contributed by atoms with Crippen molar-refractivity contribution in [2.45, 2.75) is 6.42 Å². The zero-order valence-corrected chi connectivity index (χ0v) is 20.1. The Morgan fingerprint density at radius 3 is 2.47 bits per heavy atom. The first-order valence-corrected chi connectivity index (χ1v) is 10.9. The topological polar surface area (TPSA) is 133 Å². The molecular formula is C25H22ClFN4O5. The summed E-state index contributed by atoms with van der Waals surface area (Å²) in [5.41, 5.74) is 0.527. The molecule has 0 fully saturated rings. The summed E-state index contributed by atoms with van der Waals surface area (Å²) in [6.07, 6.45) is 1.25. The van der Waals surface area contributed by atoms with E-state index in [9.17, 15) is 18.8 Å². The maximum Gasteiger partial charge on any atom is 0.341 e. The number of amides is 1. The molecule has 11 heteroatoms. The minimum absolute atomic E-state index is 0.0226. The summed E-state index contributed by atoms with van der Waals surface area (Å²) >= 11 is 5.84. The van der Waals surface area contributed by atoms with Gasteiger partial charge in [-0.1, -0.05) is 17.7 Å². The van der Waals surface area contributed by atoms with Gasteiger partial charge >= 0.3 is 5.97 Å². The van der Waals surface area contributed by atoms with Crippen molar-refractivity contribution in [2.75, 3.05) is 26.0 Å². The number of amidine groups is 1. The number of ketones is 1. The number of anilines is 1. The van der Waals surface area contributed by atoms with Gasteiger partial charge in [-0.2, -0.15) is 0 Å². The van der Waals surface area contributed by atoms with Crippen molar-refractivity contribution in [3.05, 3.63) is 88.0 Å². The highest BCUT2D eigenvalue weighted by molar-refractivity contribution is 6.30. The van der Waals surface area contributed by atoms with Crippen molar-refractivity contribution in [1.82, 2.24) is 9.88 Å². The lowest BCUT2D eigenvalue weighted by Crippen LogP contribution is -2.22. The van der Waals surface area contributed by atoms with Crippen LogP contribution in [0, 0.1) is 11.2 Å². The molecule has 0 aliphatic rings. The molecular weight excluding hydrogens is 491 g/mol. The Morgan fingerprint density at radius 1 is 1.11 bits per heavy atom. The van der Waals surface area contributed by atoms with E-state index >= 15 is 0 Å². The molecule has 0 saturated heterocycles. The third-order valence-corrected chi connectivity index (χ3v) is 5.19. The predicted molar refractivity (Wildman–Crippen MR) is 132 cm³/mol. The Bertz CT molecular complexity index is 1330. The van der Waals surface area contributed by atoms with Crippen molar-refractivity contribution in [1.29, 1.82) is 5.41 Å². The molecule has 0 aliphatic heterocycles. The van der Waals surface area contributed by atoms with E-state index in [-0.39, 0.29) is 34.8 Å². The summed E-state index contributed by atoms with van der Waals surface area (Å²) in [6, 6.07) is 11.0. The molecule has 0 aliphatic carbocycles. The number of carboxylic acid groups (broad SMARTS) is 1. The highest BCUT2D eigenvalue weighted by Crippen LogP contribution is 2.25. The molecule has 0 spiro atoms. The van der Waals surface area contributed by atoms with E-state index < -0.39 is 30.1 Å². The van der Waals surface area contributed by atoms with Crippen molar-refractivity contribution >= 4 is 40.8 Å². The molecule has 3 aromatic rings. The van der Waals surface area contributed by atoms with Gasteiger partial charge in [0.1, 0.15) is 17.4 Å². The van der Waals surface area contributed by atoms with Crippen LogP contribution in [0.1, 0.15) is 32.0 Å². The highest BCUT2D eigenvalue weighted by atomic mass is 35.5. The fraction of sp³-hybridized carbons (Fsp3) is 0.160. The summed E-state index contributed by atoms with van der Waals surface area (Å²) in [7, 11) is 3.28. The van der Waals surface area contributed by atoms with Crippen molar-refractivity contribution in [3.8, 4) is 5.75 Å². The maximum absolute atomic E-state index is 14.7. The third-order valence-electron chi connectivity index (χ3n) is 4.97. The molecule has 0 saturated carbocycles. The van der Waals surface area contributed by atoms with Gasteiger partial charge in [0.2, 0.25) is 0 Å². The normalized spacial score (nSPS) is 10.4. The van der Waals surface area contributed by atoms with Gasteiger partial charge in [0.15, 0.2) is 12.4 Å². The van der Waals surface area contributed by atoms with Gasteiger partial charge in [0.25, 0.3) is 5.91 Å². The number of aliphatic carboxylic acids is 1. The number of carbonyl (C=O) groups excluding carboxylic acids is 2. The smallest absolute Gasteiger partial charge is 0.341 e. The van der Waals surface area contributed by atoms with E-state index in [2.05, 4.69) is 10.3 Å². The number of nitrogens with zero attached hydrogens (tertiary/aromatic N) is 2. The van der Waals surface area contributed by atoms with Gasteiger partial charge in [0.05, 0.1) is 22.7 Å². The number of pyridine rings is 1. The number of nitrogens with one attached hydrogen (secondary N) is 2. The Balaban J connectivity index is 1.90. The molecule has 9 nitrogen and oxygen atoms in total. The van der Waals surface area contributed by atoms with Gasteiger partial charge in [0, 0.05) is 37.1 Å². The maximum atomic E-state index is 14.7. The zero-order chi connectivity index (χ0) is 26.4. The van der Waals surface area contributed by atoms with Crippen LogP contribution >= 0.6 is 11.6 Å². The van der Waals surface area contributed by atoms with Crippen molar-refractivity contribution in [2.24, 2.45) is 0 Å². The van der Waals surface area contributed by atoms with E-state index in [1.165, 1.54) is 41.4 Å². The molecule has 2 aromatic carbocycles. The fourth-order valence-electron chi connectivity index (χ4n) is 3.16. The Labute approximate surface area is 211 Å². The van der Waals surface area contributed by atoms with Gasteiger partial charge in [-0.25, -0.2) is 9.18 Å². The molecule has 1 heterocycles. The SMILES string of the molecule is CN(C)C(=N)c1ccc(C(=O)Nc2ccc(OCC(=O)O)cc2C(=O)Cc2ccc(Cl)cn2)c(F)c1. The lowest BCUT2D eigenvalue weighted by atomic mass is 10.0. The van der Waals surface area contributed by atoms with Crippen LogP contribution in [0.3, 0.4) is 0 Å². The minimum Gasteiger partial charge on any atom is -0.482 e. The number of Topliss-reactive ketones (excluding diaryl/α,β-unsaturated/α-hetero) is 1. The van der Waals surface area contributed by atoms with Crippen LogP contribution < -0.4 is 10.1 Å². The Morgan fingerprint density at radius 2 is 1.86 bits per heavy atom. The average molecular weight is 513 g/mol. The van der Waals surface area contributed by atoms with E-state index in [0.29, 0.717) is 16.3 Å². The zero-order valence-electron chi connectivity index (χ0n) is 19.3. The molecule has 36 heavy (non-hydrogen) atoms. The summed E-state index contributed by atoms with van der Waals surface area (Å²) in [6.45, 7) is -0.627. The van der Waals surface area contributed by atoms with Crippen LogP contribution in [0.25, 0.3) is 0 Å². The standard InChI is InChI=1S/C25H22ClFN4O5/c1-31(2)24(28)14-3-7-18(20(27)9-14)25(35)30-21-8-6-17(36-13-23(33)34)11-19(21)22(32)10-16-5-4-15(26)12-29-16/h3-9,11-12,28H,10,13H2,1-2H3,(H,30,35)(H,33,34). The fourth-order valence-corrected chi connectivity index (χ4v) is 3.27. The van der Waals surface area contributed by atoms with Crippen LogP contribution in [-0.2, 0) is 11.2 Å². The molecule has 0 radical (unpaired) electrons. The molecule has 1 aromatic heterocycles. The summed E-state index contributed by atoms with van der Waals surface area (Å²) < 4.78 is 19.9. The van der Waals surface area contributed by atoms with Crippen LogP contribution in [0.4, 0.5) is 10.1 Å². The van der Waals surface area contributed by atoms with Crippen LogP contribution in [0.15, 0.2) is 54.7 Å². The molecule has 0 bridgehead atoms. The quantitative estimate of drug-likeness (QED) is 0.225. The number of halogens is 2. The number of carbonyl (C=O) groups is 3.